The molecule has 5 nitrogen and oxygen atoms in total. The Morgan fingerprint density at radius 2 is 2.44 bits per heavy atom. The summed E-state index contributed by atoms with van der Waals surface area (Å²) < 4.78 is 5.06. The van der Waals surface area contributed by atoms with Gasteiger partial charge in [0.25, 0.3) is 0 Å². The molecular formula is C11H17N3O2. The molecule has 0 saturated carbocycles. The molecule has 16 heavy (non-hydrogen) atoms. The maximum absolute atomic E-state index is 11.5. The Hall–Kier alpha value is -1.62. The molecule has 1 aromatic heterocycles. The number of aromatic nitrogens is 1. The molecule has 0 aliphatic rings. The monoisotopic (exact) mass is 223 g/mol. The second-order valence-electron chi connectivity index (χ2n) is 3.60. The van der Waals surface area contributed by atoms with Crippen molar-refractivity contribution in [3.63, 3.8) is 0 Å². The SMILES string of the molecule is COC(C)CCC(=O)Nc1ccncc1N. The van der Waals surface area contributed by atoms with Crippen LogP contribution < -0.4 is 11.1 Å². The fourth-order valence-corrected chi connectivity index (χ4v) is 1.19. The van der Waals surface area contributed by atoms with Crippen LogP contribution in [0.15, 0.2) is 18.5 Å². The smallest absolute Gasteiger partial charge is 0.224 e. The van der Waals surface area contributed by atoms with Crippen LogP contribution in [0.1, 0.15) is 19.8 Å². The molecule has 5 heteroatoms. The van der Waals surface area contributed by atoms with Crippen molar-refractivity contribution in [1.82, 2.24) is 4.98 Å². The minimum absolute atomic E-state index is 0.0678. The number of nitrogens with one attached hydrogen (secondary N) is 1. The molecule has 0 aromatic carbocycles. The molecule has 0 aliphatic carbocycles. The first kappa shape index (κ1) is 12.4. The summed E-state index contributed by atoms with van der Waals surface area (Å²) in [5.74, 6) is -0.0678. The normalized spacial score (nSPS) is 12.1. The standard InChI is InChI=1S/C11H17N3O2/c1-8(16-2)3-4-11(15)14-10-5-6-13-7-9(10)12/h5-8H,3-4,12H2,1-2H3,(H,13,14,15). The highest BCUT2D eigenvalue weighted by Gasteiger charge is 2.07. The number of nitrogens with two attached hydrogens (primary N) is 1. The number of nitrogen functional groups attached to an aromatic ring is 1. The summed E-state index contributed by atoms with van der Waals surface area (Å²) in [5.41, 5.74) is 6.72. The van der Waals surface area contributed by atoms with Gasteiger partial charge in [0, 0.05) is 19.7 Å². The van der Waals surface area contributed by atoms with Gasteiger partial charge in [-0.3, -0.25) is 9.78 Å². The molecule has 0 aliphatic heterocycles. The fourth-order valence-electron chi connectivity index (χ4n) is 1.19. The van der Waals surface area contributed by atoms with E-state index in [-0.39, 0.29) is 12.0 Å². The summed E-state index contributed by atoms with van der Waals surface area (Å²) in [4.78, 5) is 15.4. The first-order chi connectivity index (χ1) is 7.63. The van der Waals surface area contributed by atoms with E-state index in [4.69, 9.17) is 10.5 Å². The molecule has 3 N–H and O–H groups in total. The summed E-state index contributed by atoms with van der Waals surface area (Å²) in [6.45, 7) is 1.92. The quantitative estimate of drug-likeness (QED) is 0.791. The molecule has 88 valence electrons. The maximum atomic E-state index is 11.5. The van der Waals surface area contributed by atoms with Gasteiger partial charge in [-0.2, -0.15) is 0 Å². The van der Waals surface area contributed by atoms with Gasteiger partial charge >= 0.3 is 0 Å². The zero-order valence-electron chi connectivity index (χ0n) is 9.56. The molecule has 0 spiro atoms. The molecule has 0 bridgehead atoms. The number of anilines is 2. The summed E-state index contributed by atoms with van der Waals surface area (Å²) >= 11 is 0. The van der Waals surface area contributed by atoms with Crippen LogP contribution in [0.5, 0.6) is 0 Å². The number of hydrogen-bond donors (Lipinski definition) is 2. The van der Waals surface area contributed by atoms with Crippen molar-refractivity contribution in [1.29, 1.82) is 0 Å². The van der Waals surface area contributed by atoms with Crippen molar-refractivity contribution in [3.8, 4) is 0 Å². The lowest BCUT2D eigenvalue weighted by molar-refractivity contribution is -0.116. The Kier molecular flexibility index (Phi) is 4.72. The number of carbonyl (C=O) groups excluding carboxylic acids is 1. The molecule has 0 radical (unpaired) electrons. The van der Waals surface area contributed by atoms with Gasteiger partial charge in [-0.1, -0.05) is 0 Å². The molecule has 1 aromatic rings. The van der Waals surface area contributed by atoms with Gasteiger partial charge in [-0.15, -0.1) is 0 Å². The highest BCUT2D eigenvalue weighted by molar-refractivity contribution is 5.93. The number of methoxy groups -OCH3 is 1. The highest BCUT2D eigenvalue weighted by atomic mass is 16.5. The first-order valence-corrected chi connectivity index (χ1v) is 5.15. The summed E-state index contributed by atoms with van der Waals surface area (Å²) in [6.07, 6.45) is 4.28. The number of hydrogen-bond acceptors (Lipinski definition) is 4. The van der Waals surface area contributed by atoms with Crippen molar-refractivity contribution in [2.75, 3.05) is 18.2 Å². The molecule has 0 fully saturated rings. The molecule has 1 amide bonds. The molecule has 1 unspecified atom stereocenters. The van der Waals surface area contributed by atoms with Crippen molar-refractivity contribution >= 4 is 17.3 Å². The summed E-state index contributed by atoms with van der Waals surface area (Å²) in [7, 11) is 1.63. The van der Waals surface area contributed by atoms with Crippen molar-refractivity contribution in [2.45, 2.75) is 25.9 Å². The largest absolute Gasteiger partial charge is 0.396 e. The number of carbonyl (C=O) groups is 1. The Morgan fingerprint density at radius 3 is 3.06 bits per heavy atom. The van der Waals surface area contributed by atoms with Crippen molar-refractivity contribution in [3.05, 3.63) is 18.5 Å². The Bertz CT molecular complexity index is 355. The van der Waals surface area contributed by atoms with Crippen LogP contribution in [0.2, 0.25) is 0 Å². The predicted octanol–water partition coefficient (Wildman–Crippen LogP) is 1.42. The Balaban J connectivity index is 2.43. The summed E-state index contributed by atoms with van der Waals surface area (Å²) in [6, 6.07) is 1.67. The van der Waals surface area contributed by atoms with E-state index in [1.807, 2.05) is 6.92 Å². The number of nitrogens with zero attached hydrogens (tertiary/aromatic N) is 1. The van der Waals surface area contributed by atoms with Crippen LogP contribution >= 0.6 is 0 Å². The lowest BCUT2D eigenvalue weighted by Gasteiger charge is -2.10. The second-order valence-corrected chi connectivity index (χ2v) is 3.60. The molecule has 0 saturated heterocycles. The Labute approximate surface area is 95.0 Å². The zero-order valence-corrected chi connectivity index (χ0v) is 9.56. The zero-order chi connectivity index (χ0) is 12.0. The molecular weight excluding hydrogens is 206 g/mol. The lowest BCUT2D eigenvalue weighted by atomic mass is 10.2. The van der Waals surface area contributed by atoms with E-state index < -0.39 is 0 Å². The van der Waals surface area contributed by atoms with Gasteiger partial charge in [0.05, 0.1) is 23.7 Å². The highest BCUT2D eigenvalue weighted by Crippen LogP contribution is 2.15. The van der Waals surface area contributed by atoms with Crippen LogP contribution in [-0.2, 0) is 9.53 Å². The molecule has 1 heterocycles. The topological polar surface area (TPSA) is 77.2 Å². The van der Waals surface area contributed by atoms with Crippen LogP contribution in [0.3, 0.4) is 0 Å². The van der Waals surface area contributed by atoms with E-state index in [0.29, 0.717) is 24.2 Å². The Morgan fingerprint density at radius 1 is 1.69 bits per heavy atom. The van der Waals surface area contributed by atoms with Crippen LogP contribution in [0.25, 0.3) is 0 Å². The van der Waals surface area contributed by atoms with Crippen LogP contribution in [0, 0.1) is 0 Å². The average Bonchev–Trinajstić information content (AvgIpc) is 2.29. The van der Waals surface area contributed by atoms with Crippen molar-refractivity contribution < 1.29 is 9.53 Å². The van der Waals surface area contributed by atoms with Gasteiger partial charge in [-0.25, -0.2) is 0 Å². The van der Waals surface area contributed by atoms with E-state index in [9.17, 15) is 4.79 Å². The molecule has 1 rings (SSSR count). The van der Waals surface area contributed by atoms with Crippen molar-refractivity contribution in [2.24, 2.45) is 0 Å². The number of amides is 1. The van der Waals surface area contributed by atoms with Gasteiger partial charge < -0.3 is 15.8 Å². The van der Waals surface area contributed by atoms with Gasteiger partial charge in [-0.05, 0) is 19.4 Å². The van der Waals surface area contributed by atoms with E-state index in [1.54, 1.807) is 19.4 Å². The third-order valence-corrected chi connectivity index (χ3v) is 2.31. The summed E-state index contributed by atoms with van der Waals surface area (Å²) in [5, 5.41) is 2.73. The average molecular weight is 223 g/mol. The maximum Gasteiger partial charge on any atom is 0.224 e. The number of rotatable bonds is 5. The second kappa shape index (κ2) is 6.07. The van der Waals surface area contributed by atoms with Crippen LogP contribution in [-0.4, -0.2) is 24.1 Å². The minimum Gasteiger partial charge on any atom is -0.396 e. The van der Waals surface area contributed by atoms with E-state index in [1.165, 1.54) is 6.20 Å². The van der Waals surface area contributed by atoms with E-state index in [2.05, 4.69) is 10.3 Å². The third kappa shape index (κ3) is 3.86. The first-order valence-electron chi connectivity index (χ1n) is 5.15. The van der Waals surface area contributed by atoms with Crippen LogP contribution in [0.4, 0.5) is 11.4 Å². The van der Waals surface area contributed by atoms with Gasteiger partial charge in [0.15, 0.2) is 0 Å². The predicted molar refractivity (Wildman–Crippen MR) is 63.0 cm³/mol. The van der Waals surface area contributed by atoms with E-state index in [0.717, 1.165) is 0 Å². The minimum atomic E-state index is -0.0678. The number of pyridine rings is 1. The van der Waals surface area contributed by atoms with Gasteiger partial charge in [0.1, 0.15) is 0 Å². The third-order valence-electron chi connectivity index (χ3n) is 2.31. The fraction of sp³-hybridized carbons (Fsp3) is 0.455. The lowest BCUT2D eigenvalue weighted by Crippen LogP contribution is -2.16. The molecule has 1 atom stereocenters. The van der Waals surface area contributed by atoms with Gasteiger partial charge in [0.2, 0.25) is 5.91 Å². The number of ether oxygens (including phenoxy) is 1. The van der Waals surface area contributed by atoms with E-state index >= 15 is 0 Å².